The SMILES string of the molecule is O=C(COc1ccc(CO)nc1)NC1CC1. The van der Waals surface area contributed by atoms with Gasteiger partial charge in [-0.15, -0.1) is 0 Å². The van der Waals surface area contributed by atoms with E-state index in [4.69, 9.17) is 9.84 Å². The molecule has 2 N–H and O–H groups in total. The number of nitrogens with one attached hydrogen (secondary N) is 1. The number of pyridine rings is 1. The lowest BCUT2D eigenvalue weighted by Gasteiger charge is -2.06. The number of carbonyl (C=O) groups is 1. The molecule has 5 nitrogen and oxygen atoms in total. The van der Waals surface area contributed by atoms with Gasteiger partial charge in [-0.05, 0) is 25.0 Å². The molecule has 0 aromatic carbocycles. The molecule has 0 aliphatic heterocycles. The zero-order valence-corrected chi connectivity index (χ0v) is 8.85. The summed E-state index contributed by atoms with van der Waals surface area (Å²) < 4.78 is 5.24. The van der Waals surface area contributed by atoms with Gasteiger partial charge in [0, 0.05) is 6.04 Å². The van der Waals surface area contributed by atoms with Gasteiger partial charge in [-0.1, -0.05) is 0 Å². The van der Waals surface area contributed by atoms with Crippen LogP contribution in [0.15, 0.2) is 18.3 Å². The maximum Gasteiger partial charge on any atom is 0.258 e. The molecule has 1 aromatic rings. The Morgan fingerprint density at radius 1 is 1.56 bits per heavy atom. The van der Waals surface area contributed by atoms with Crippen LogP contribution in [0.1, 0.15) is 18.5 Å². The normalized spacial score (nSPS) is 14.6. The van der Waals surface area contributed by atoms with E-state index in [0.29, 0.717) is 17.5 Å². The van der Waals surface area contributed by atoms with Crippen molar-refractivity contribution < 1.29 is 14.6 Å². The molecule has 1 saturated carbocycles. The molecule has 16 heavy (non-hydrogen) atoms. The molecule has 0 spiro atoms. The molecule has 0 radical (unpaired) electrons. The number of aromatic nitrogens is 1. The van der Waals surface area contributed by atoms with E-state index < -0.39 is 0 Å². The van der Waals surface area contributed by atoms with Crippen LogP contribution in [0, 0.1) is 0 Å². The minimum Gasteiger partial charge on any atom is -0.482 e. The third-order valence-corrected chi connectivity index (χ3v) is 2.27. The van der Waals surface area contributed by atoms with Crippen LogP contribution in [-0.2, 0) is 11.4 Å². The Labute approximate surface area is 93.5 Å². The summed E-state index contributed by atoms with van der Waals surface area (Å²) in [5.41, 5.74) is 0.579. The van der Waals surface area contributed by atoms with Crippen LogP contribution in [-0.4, -0.2) is 28.6 Å². The van der Waals surface area contributed by atoms with Crippen molar-refractivity contribution >= 4 is 5.91 Å². The monoisotopic (exact) mass is 222 g/mol. The molecule has 1 aromatic heterocycles. The lowest BCUT2D eigenvalue weighted by molar-refractivity contribution is -0.123. The summed E-state index contributed by atoms with van der Waals surface area (Å²) in [5, 5.41) is 11.6. The van der Waals surface area contributed by atoms with Crippen LogP contribution in [0.5, 0.6) is 5.75 Å². The van der Waals surface area contributed by atoms with Crippen LogP contribution in [0.4, 0.5) is 0 Å². The summed E-state index contributed by atoms with van der Waals surface area (Å²) in [6, 6.07) is 3.70. The third kappa shape index (κ3) is 3.20. The molecule has 1 fully saturated rings. The fourth-order valence-electron chi connectivity index (χ4n) is 1.24. The number of hydrogen-bond acceptors (Lipinski definition) is 4. The number of amides is 1. The van der Waals surface area contributed by atoms with Gasteiger partial charge in [-0.2, -0.15) is 0 Å². The first kappa shape index (κ1) is 10.9. The zero-order valence-electron chi connectivity index (χ0n) is 8.85. The third-order valence-electron chi connectivity index (χ3n) is 2.27. The Kier molecular flexibility index (Phi) is 3.36. The molecule has 0 unspecified atom stereocenters. The van der Waals surface area contributed by atoms with Crippen molar-refractivity contribution in [1.82, 2.24) is 10.3 Å². The van der Waals surface area contributed by atoms with Crippen molar-refractivity contribution in [2.75, 3.05) is 6.61 Å². The van der Waals surface area contributed by atoms with Crippen LogP contribution in [0.3, 0.4) is 0 Å². The Morgan fingerprint density at radius 2 is 2.38 bits per heavy atom. The Hall–Kier alpha value is -1.62. The average molecular weight is 222 g/mol. The molecule has 86 valence electrons. The van der Waals surface area contributed by atoms with Crippen LogP contribution in [0.2, 0.25) is 0 Å². The molecule has 1 aliphatic carbocycles. The first-order valence-corrected chi connectivity index (χ1v) is 5.26. The number of hydrogen-bond donors (Lipinski definition) is 2. The number of aliphatic hydroxyl groups is 1. The van der Waals surface area contributed by atoms with E-state index in [1.54, 1.807) is 12.1 Å². The van der Waals surface area contributed by atoms with Crippen LogP contribution < -0.4 is 10.1 Å². The van der Waals surface area contributed by atoms with E-state index in [2.05, 4.69) is 10.3 Å². The fourth-order valence-corrected chi connectivity index (χ4v) is 1.24. The number of ether oxygens (including phenoxy) is 1. The molecular formula is C11H14N2O3. The van der Waals surface area contributed by atoms with Gasteiger partial charge in [0.25, 0.3) is 5.91 Å². The molecule has 0 atom stereocenters. The lowest BCUT2D eigenvalue weighted by Crippen LogP contribution is -2.30. The van der Waals surface area contributed by atoms with Gasteiger partial charge in [0.1, 0.15) is 5.75 Å². The summed E-state index contributed by atoms with van der Waals surface area (Å²) in [7, 11) is 0. The second-order valence-electron chi connectivity index (χ2n) is 3.77. The van der Waals surface area contributed by atoms with E-state index in [0.717, 1.165) is 12.8 Å². The van der Waals surface area contributed by atoms with Gasteiger partial charge in [0.15, 0.2) is 6.61 Å². The smallest absolute Gasteiger partial charge is 0.258 e. The minimum absolute atomic E-state index is 0.0106. The summed E-state index contributed by atoms with van der Waals surface area (Å²) in [4.78, 5) is 15.2. The second-order valence-corrected chi connectivity index (χ2v) is 3.77. The highest BCUT2D eigenvalue weighted by Gasteiger charge is 2.23. The van der Waals surface area contributed by atoms with E-state index in [1.807, 2.05) is 0 Å². The lowest BCUT2D eigenvalue weighted by atomic mass is 10.3. The molecule has 1 aliphatic rings. The molecule has 0 saturated heterocycles. The Bertz CT molecular complexity index is 360. The van der Waals surface area contributed by atoms with E-state index in [-0.39, 0.29) is 19.1 Å². The van der Waals surface area contributed by atoms with E-state index >= 15 is 0 Å². The standard InChI is InChI=1S/C11H14N2O3/c14-6-9-3-4-10(5-12-9)16-7-11(15)13-8-1-2-8/h3-5,8,14H,1-2,6-7H2,(H,13,15). The Morgan fingerprint density at radius 3 is 2.94 bits per heavy atom. The van der Waals surface area contributed by atoms with Crippen molar-refractivity contribution in [3.05, 3.63) is 24.0 Å². The van der Waals surface area contributed by atoms with Gasteiger partial charge in [-0.3, -0.25) is 9.78 Å². The van der Waals surface area contributed by atoms with E-state index in [1.165, 1.54) is 6.20 Å². The maximum atomic E-state index is 11.3. The van der Waals surface area contributed by atoms with Gasteiger partial charge in [0.2, 0.25) is 0 Å². The van der Waals surface area contributed by atoms with Crippen molar-refractivity contribution in [1.29, 1.82) is 0 Å². The average Bonchev–Trinajstić information content (AvgIpc) is 3.11. The van der Waals surface area contributed by atoms with Crippen LogP contribution in [0.25, 0.3) is 0 Å². The molecule has 0 bridgehead atoms. The van der Waals surface area contributed by atoms with Crippen molar-refractivity contribution in [3.8, 4) is 5.75 Å². The van der Waals surface area contributed by atoms with Gasteiger partial charge in [-0.25, -0.2) is 0 Å². The maximum absolute atomic E-state index is 11.3. The summed E-state index contributed by atoms with van der Waals surface area (Å²) in [6.07, 6.45) is 3.63. The predicted molar refractivity (Wildman–Crippen MR) is 56.8 cm³/mol. The largest absolute Gasteiger partial charge is 0.482 e. The van der Waals surface area contributed by atoms with Gasteiger partial charge in [0.05, 0.1) is 18.5 Å². The first-order valence-electron chi connectivity index (χ1n) is 5.26. The van der Waals surface area contributed by atoms with Crippen molar-refractivity contribution in [2.24, 2.45) is 0 Å². The summed E-state index contributed by atoms with van der Waals surface area (Å²) >= 11 is 0. The topological polar surface area (TPSA) is 71.5 Å². The van der Waals surface area contributed by atoms with Gasteiger partial charge < -0.3 is 15.2 Å². The minimum atomic E-state index is -0.103. The molecule has 1 heterocycles. The molecule has 2 rings (SSSR count). The van der Waals surface area contributed by atoms with Crippen molar-refractivity contribution in [2.45, 2.75) is 25.5 Å². The summed E-state index contributed by atoms with van der Waals surface area (Å²) in [5.74, 6) is 0.428. The molecule has 5 heteroatoms. The molecular weight excluding hydrogens is 208 g/mol. The van der Waals surface area contributed by atoms with E-state index in [9.17, 15) is 4.79 Å². The highest BCUT2D eigenvalue weighted by Crippen LogP contribution is 2.18. The zero-order chi connectivity index (χ0) is 11.4. The highest BCUT2D eigenvalue weighted by atomic mass is 16.5. The van der Waals surface area contributed by atoms with Crippen LogP contribution >= 0.6 is 0 Å². The number of carbonyl (C=O) groups excluding carboxylic acids is 1. The quantitative estimate of drug-likeness (QED) is 0.748. The first-order chi connectivity index (χ1) is 7.78. The number of rotatable bonds is 5. The number of nitrogens with zero attached hydrogens (tertiary/aromatic N) is 1. The second kappa shape index (κ2) is 4.94. The fraction of sp³-hybridized carbons (Fsp3) is 0.455. The van der Waals surface area contributed by atoms with Crippen molar-refractivity contribution in [3.63, 3.8) is 0 Å². The Balaban J connectivity index is 1.76. The molecule has 1 amide bonds. The highest BCUT2D eigenvalue weighted by molar-refractivity contribution is 5.78. The predicted octanol–water partition coefficient (Wildman–Crippen LogP) is 0.231. The summed E-state index contributed by atoms with van der Waals surface area (Å²) in [6.45, 7) is -0.0842. The number of aliphatic hydroxyl groups excluding tert-OH is 1. The van der Waals surface area contributed by atoms with Gasteiger partial charge >= 0.3 is 0 Å².